The van der Waals surface area contributed by atoms with Crippen molar-refractivity contribution < 1.29 is 14.3 Å². The van der Waals surface area contributed by atoms with Crippen molar-refractivity contribution in [2.75, 3.05) is 19.0 Å². The molecular weight excluding hydrogens is 328 g/mol. The molecule has 0 aromatic heterocycles. The molecule has 0 atom stereocenters. The number of methoxy groups -OCH3 is 1. The number of hydrogen-bond donors (Lipinski definition) is 1. The molecule has 1 amide bonds. The lowest BCUT2D eigenvalue weighted by atomic mass is 10.1. The zero-order chi connectivity index (χ0) is 18.9. The van der Waals surface area contributed by atoms with Gasteiger partial charge in [0.15, 0.2) is 11.5 Å². The van der Waals surface area contributed by atoms with Gasteiger partial charge in [0.2, 0.25) is 0 Å². The van der Waals surface area contributed by atoms with Crippen molar-refractivity contribution in [3.63, 3.8) is 0 Å². The second-order valence-corrected chi connectivity index (χ2v) is 5.70. The fourth-order valence-electron chi connectivity index (χ4n) is 2.32. The van der Waals surface area contributed by atoms with E-state index < -0.39 is 5.91 Å². The van der Waals surface area contributed by atoms with Gasteiger partial charge in [-0.05, 0) is 48.7 Å². The van der Waals surface area contributed by atoms with E-state index in [1.54, 1.807) is 31.4 Å². The van der Waals surface area contributed by atoms with Gasteiger partial charge in [-0.1, -0.05) is 31.2 Å². The molecule has 0 fully saturated rings. The van der Waals surface area contributed by atoms with Gasteiger partial charge >= 0.3 is 0 Å². The number of anilines is 1. The van der Waals surface area contributed by atoms with E-state index in [-0.39, 0.29) is 5.57 Å². The molecular formula is C21H22N2O3. The molecule has 0 saturated carbocycles. The lowest BCUT2D eigenvalue weighted by Crippen LogP contribution is -2.14. The highest BCUT2D eigenvalue weighted by molar-refractivity contribution is 6.10. The van der Waals surface area contributed by atoms with Crippen molar-refractivity contribution in [3.05, 3.63) is 59.2 Å². The standard InChI is InChI=1S/C21H22N2O3/c1-4-11-26-19-10-9-16(13-20(19)25-3)12-17(14-22)21(24)23-18-8-6-5-7-15(18)2/h5-10,12-13H,4,11H2,1-3H3,(H,23,24). The Hall–Kier alpha value is -3.26. The molecule has 0 bridgehead atoms. The van der Waals surface area contributed by atoms with Gasteiger partial charge < -0.3 is 14.8 Å². The highest BCUT2D eigenvalue weighted by Gasteiger charge is 2.12. The Morgan fingerprint density at radius 3 is 2.65 bits per heavy atom. The van der Waals surface area contributed by atoms with Gasteiger partial charge in [-0.3, -0.25) is 4.79 Å². The molecule has 26 heavy (non-hydrogen) atoms. The maximum Gasteiger partial charge on any atom is 0.266 e. The van der Waals surface area contributed by atoms with Crippen molar-refractivity contribution in [1.29, 1.82) is 5.26 Å². The van der Waals surface area contributed by atoms with Crippen molar-refractivity contribution in [3.8, 4) is 17.6 Å². The first-order valence-corrected chi connectivity index (χ1v) is 8.38. The van der Waals surface area contributed by atoms with Gasteiger partial charge in [-0.25, -0.2) is 0 Å². The van der Waals surface area contributed by atoms with Crippen LogP contribution in [0.1, 0.15) is 24.5 Å². The molecule has 2 aromatic rings. The smallest absolute Gasteiger partial charge is 0.266 e. The van der Waals surface area contributed by atoms with E-state index in [4.69, 9.17) is 9.47 Å². The minimum atomic E-state index is -0.452. The van der Waals surface area contributed by atoms with Crippen LogP contribution in [0.15, 0.2) is 48.0 Å². The van der Waals surface area contributed by atoms with E-state index in [0.717, 1.165) is 12.0 Å². The van der Waals surface area contributed by atoms with Crippen molar-refractivity contribution in [1.82, 2.24) is 0 Å². The van der Waals surface area contributed by atoms with Crippen LogP contribution in [0.5, 0.6) is 11.5 Å². The van der Waals surface area contributed by atoms with Gasteiger partial charge in [-0.2, -0.15) is 5.26 Å². The second kappa shape index (κ2) is 9.28. The normalized spacial score (nSPS) is 10.8. The number of para-hydroxylation sites is 1. The Labute approximate surface area is 153 Å². The summed E-state index contributed by atoms with van der Waals surface area (Å²) in [6.45, 7) is 4.51. The van der Waals surface area contributed by atoms with Crippen LogP contribution >= 0.6 is 0 Å². The minimum absolute atomic E-state index is 0.0116. The summed E-state index contributed by atoms with van der Waals surface area (Å²) >= 11 is 0. The first-order valence-electron chi connectivity index (χ1n) is 8.38. The van der Waals surface area contributed by atoms with Gasteiger partial charge in [0, 0.05) is 5.69 Å². The van der Waals surface area contributed by atoms with Crippen LogP contribution in [0, 0.1) is 18.3 Å². The maximum absolute atomic E-state index is 12.4. The number of nitrogens with one attached hydrogen (secondary N) is 1. The van der Waals surface area contributed by atoms with Crippen LogP contribution in [0.4, 0.5) is 5.69 Å². The van der Waals surface area contributed by atoms with Crippen LogP contribution in [0.2, 0.25) is 0 Å². The fourth-order valence-corrected chi connectivity index (χ4v) is 2.32. The fraction of sp³-hybridized carbons (Fsp3) is 0.238. The monoisotopic (exact) mass is 350 g/mol. The van der Waals surface area contributed by atoms with Gasteiger partial charge in [0.25, 0.3) is 5.91 Å². The van der Waals surface area contributed by atoms with E-state index in [1.165, 1.54) is 6.08 Å². The number of ether oxygens (including phenoxy) is 2. The highest BCUT2D eigenvalue weighted by Crippen LogP contribution is 2.29. The predicted octanol–water partition coefficient (Wildman–Crippen LogP) is 4.34. The number of aryl methyl sites for hydroxylation is 1. The van der Waals surface area contributed by atoms with E-state index in [0.29, 0.717) is 29.4 Å². The summed E-state index contributed by atoms with van der Waals surface area (Å²) in [7, 11) is 1.55. The molecule has 2 aromatic carbocycles. The molecule has 134 valence electrons. The number of nitriles is 1. The van der Waals surface area contributed by atoms with Crippen LogP contribution < -0.4 is 14.8 Å². The quantitative estimate of drug-likeness (QED) is 0.596. The van der Waals surface area contributed by atoms with Crippen LogP contribution in [0.3, 0.4) is 0 Å². The Balaban J connectivity index is 2.23. The molecule has 0 aliphatic rings. The molecule has 2 rings (SSSR count). The van der Waals surface area contributed by atoms with Crippen molar-refractivity contribution >= 4 is 17.7 Å². The summed E-state index contributed by atoms with van der Waals surface area (Å²) in [5.74, 6) is 0.741. The lowest BCUT2D eigenvalue weighted by Gasteiger charge is -2.11. The molecule has 5 heteroatoms. The van der Waals surface area contributed by atoms with Crippen molar-refractivity contribution in [2.45, 2.75) is 20.3 Å². The number of carbonyl (C=O) groups excluding carboxylic acids is 1. The third kappa shape index (κ3) is 4.87. The number of carbonyl (C=O) groups is 1. The van der Waals surface area contributed by atoms with E-state index in [9.17, 15) is 10.1 Å². The Bertz CT molecular complexity index is 851. The zero-order valence-corrected chi connectivity index (χ0v) is 15.2. The minimum Gasteiger partial charge on any atom is -0.493 e. The van der Waals surface area contributed by atoms with E-state index in [2.05, 4.69) is 5.32 Å². The number of rotatable bonds is 7. The highest BCUT2D eigenvalue weighted by atomic mass is 16.5. The number of benzene rings is 2. The summed E-state index contributed by atoms with van der Waals surface area (Å²) in [4.78, 5) is 12.4. The second-order valence-electron chi connectivity index (χ2n) is 5.70. The topological polar surface area (TPSA) is 71.3 Å². The zero-order valence-electron chi connectivity index (χ0n) is 15.2. The van der Waals surface area contributed by atoms with Crippen molar-refractivity contribution in [2.24, 2.45) is 0 Å². The molecule has 0 aliphatic heterocycles. The lowest BCUT2D eigenvalue weighted by molar-refractivity contribution is -0.112. The molecule has 5 nitrogen and oxygen atoms in total. The summed E-state index contributed by atoms with van der Waals surface area (Å²) in [6.07, 6.45) is 2.42. The van der Waals surface area contributed by atoms with Gasteiger partial charge in [0.1, 0.15) is 11.6 Å². The number of amides is 1. The van der Waals surface area contributed by atoms with Crippen LogP contribution in [0.25, 0.3) is 6.08 Å². The Morgan fingerprint density at radius 1 is 1.23 bits per heavy atom. The first-order chi connectivity index (χ1) is 12.6. The number of nitrogens with zero attached hydrogens (tertiary/aromatic N) is 1. The molecule has 0 saturated heterocycles. The Kier molecular flexibility index (Phi) is 6.81. The number of hydrogen-bond acceptors (Lipinski definition) is 4. The predicted molar refractivity (Wildman–Crippen MR) is 102 cm³/mol. The molecule has 0 unspecified atom stereocenters. The largest absolute Gasteiger partial charge is 0.493 e. The van der Waals surface area contributed by atoms with Gasteiger partial charge in [0.05, 0.1) is 13.7 Å². The van der Waals surface area contributed by atoms with E-state index >= 15 is 0 Å². The molecule has 1 N–H and O–H groups in total. The summed E-state index contributed by atoms with van der Waals surface area (Å²) in [5, 5.41) is 12.1. The van der Waals surface area contributed by atoms with Crippen LogP contribution in [-0.4, -0.2) is 19.6 Å². The van der Waals surface area contributed by atoms with E-state index in [1.807, 2.05) is 38.1 Å². The first kappa shape index (κ1) is 19.1. The summed E-state index contributed by atoms with van der Waals surface area (Å²) in [6, 6.07) is 14.7. The average Bonchev–Trinajstić information content (AvgIpc) is 2.66. The Morgan fingerprint density at radius 2 is 2.00 bits per heavy atom. The third-order valence-corrected chi connectivity index (χ3v) is 3.72. The summed E-state index contributed by atoms with van der Waals surface area (Å²) < 4.78 is 10.9. The third-order valence-electron chi connectivity index (χ3n) is 3.72. The van der Waals surface area contributed by atoms with Crippen LogP contribution in [-0.2, 0) is 4.79 Å². The molecule has 0 aliphatic carbocycles. The molecule has 0 radical (unpaired) electrons. The average molecular weight is 350 g/mol. The van der Waals surface area contributed by atoms with Gasteiger partial charge in [-0.15, -0.1) is 0 Å². The molecule has 0 heterocycles. The molecule has 0 spiro atoms. The SMILES string of the molecule is CCCOc1ccc(C=C(C#N)C(=O)Nc2ccccc2C)cc1OC. The summed E-state index contributed by atoms with van der Waals surface area (Å²) in [5.41, 5.74) is 2.30. The maximum atomic E-state index is 12.4.